The van der Waals surface area contributed by atoms with Gasteiger partial charge in [-0.2, -0.15) is 5.10 Å². The molecule has 0 spiro atoms. The van der Waals surface area contributed by atoms with Gasteiger partial charge in [0.1, 0.15) is 0 Å². The van der Waals surface area contributed by atoms with E-state index in [0.717, 1.165) is 24.8 Å². The van der Waals surface area contributed by atoms with Gasteiger partial charge in [0.05, 0.1) is 18.4 Å². The van der Waals surface area contributed by atoms with Crippen LogP contribution in [-0.4, -0.2) is 33.8 Å². The minimum absolute atomic E-state index is 0.755. The van der Waals surface area contributed by atoms with Crippen LogP contribution in [-0.2, 0) is 6.54 Å². The number of nitrogens with two attached hydrogens (primary N) is 1. The van der Waals surface area contributed by atoms with Crippen LogP contribution in [0.2, 0.25) is 0 Å². The Morgan fingerprint density at radius 3 is 3.00 bits per heavy atom. The molecule has 0 radical (unpaired) electrons. The van der Waals surface area contributed by atoms with Gasteiger partial charge in [0.15, 0.2) is 0 Å². The largest absolute Gasteiger partial charge is 0.396 e. The number of piperidine rings is 1. The summed E-state index contributed by atoms with van der Waals surface area (Å²) in [5, 5.41) is 4.22. The topological polar surface area (TPSA) is 47.1 Å². The van der Waals surface area contributed by atoms with Crippen LogP contribution in [0.4, 0.5) is 5.69 Å². The second-order valence-electron chi connectivity index (χ2n) is 4.63. The van der Waals surface area contributed by atoms with E-state index in [2.05, 4.69) is 16.9 Å². The lowest BCUT2D eigenvalue weighted by Gasteiger charge is -2.35. The molecule has 0 bridgehead atoms. The Morgan fingerprint density at radius 1 is 1.44 bits per heavy atom. The van der Waals surface area contributed by atoms with E-state index < -0.39 is 0 Å². The van der Waals surface area contributed by atoms with Crippen molar-refractivity contribution in [2.45, 2.75) is 45.2 Å². The maximum atomic E-state index is 5.64. The molecule has 0 saturated carbocycles. The standard InChI is InChI=1S/C12H22N4/c1-2-12-5-3-4-6-15(12)7-8-16-10-11(13)9-14-16/h9-10,12H,2-8,13H2,1H3. The lowest BCUT2D eigenvalue weighted by atomic mass is 10.0. The molecular formula is C12H22N4. The van der Waals surface area contributed by atoms with Crippen LogP contribution in [0.25, 0.3) is 0 Å². The average Bonchev–Trinajstić information content (AvgIpc) is 2.73. The number of hydrogen-bond acceptors (Lipinski definition) is 3. The first-order valence-electron chi connectivity index (χ1n) is 6.31. The highest BCUT2D eigenvalue weighted by atomic mass is 15.3. The van der Waals surface area contributed by atoms with Gasteiger partial charge < -0.3 is 5.73 Å². The van der Waals surface area contributed by atoms with Crippen molar-refractivity contribution in [3.8, 4) is 0 Å². The normalized spacial score (nSPS) is 22.4. The highest BCUT2D eigenvalue weighted by molar-refractivity contribution is 5.30. The lowest BCUT2D eigenvalue weighted by Crippen LogP contribution is -2.40. The third-order valence-electron chi connectivity index (χ3n) is 3.49. The molecule has 1 saturated heterocycles. The summed E-state index contributed by atoms with van der Waals surface area (Å²) in [6.07, 6.45) is 8.98. The maximum absolute atomic E-state index is 5.64. The second-order valence-corrected chi connectivity index (χ2v) is 4.63. The zero-order valence-electron chi connectivity index (χ0n) is 10.1. The molecule has 4 heteroatoms. The first-order chi connectivity index (χ1) is 7.79. The number of anilines is 1. The summed E-state index contributed by atoms with van der Waals surface area (Å²) in [5.41, 5.74) is 6.40. The first-order valence-corrected chi connectivity index (χ1v) is 6.31. The Morgan fingerprint density at radius 2 is 2.31 bits per heavy atom. The van der Waals surface area contributed by atoms with E-state index in [9.17, 15) is 0 Å². The van der Waals surface area contributed by atoms with E-state index in [1.165, 1.54) is 32.2 Å². The minimum atomic E-state index is 0.755. The lowest BCUT2D eigenvalue weighted by molar-refractivity contribution is 0.137. The van der Waals surface area contributed by atoms with Crippen LogP contribution in [0.1, 0.15) is 32.6 Å². The smallest absolute Gasteiger partial charge is 0.0719 e. The molecule has 2 heterocycles. The van der Waals surface area contributed by atoms with Crippen molar-refractivity contribution in [2.75, 3.05) is 18.8 Å². The van der Waals surface area contributed by atoms with Crippen molar-refractivity contribution in [1.82, 2.24) is 14.7 Å². The molecule has 1 unspecified atom stereocenters. The Balaban J connectivity index is 1.84. The molecule has 0 aromatic carbocycles. The molecule has 2 N–H and O–H groups in total. The van der Waals surface area contributed by atoms with Crippen LogP contribution in [0.5, 0.6) is 0 Å². The van der Waals surface area contributed by atoms with Crippen molar-refractivity contribution in [3.63, 3.8) is 0 Å². The zero-order valence-corrected chi connectivity index (χ0v) is 10.1. The third-order valence-corrected chi connectivity index (χ3v) is 3.49. The van der Waals surface area contributed by atoms with E-state index in [1.807, 2.05) is 10.9 Å². The SMILES string of the molecule is CCC1CCCCN1CCn1cc(N)cn1. The number of hydrogen-bond donors (Lipinski definition) is 1. The molecule has 1 fully saturated rings. The summed E-state index contributed by atoms with van der Waals surface area (Å²) in [7, 11) is 0. The third kappa shape index (κ3) is 2.76. The fourth-order valence-corrected chi connectivity index (χ4v) is 2.55. The first kappa shape index (κ1) is 11.5. The highest BCUT2D eigenvalue weighted by Gasteiger charge is 2.19. The quantitative estimate of drug-likeness (QED) is 0.844. The second kappa shape index (κ2) is 5.34. The summed E-state index contributed by atoms with van der Waals surface area (Å²) >= 11 is 0. The molecule has 2 rings (SSSR count). The number of nitrogens with zero attached hydrogens (tertiary/aromatic N) is 3. The summed E-state index contributed by atoms with van der Waals surface area (Å²) < 4.78 is 1.94. The van der Waals surface area contributed by atoms with Gasteiger partial charge in [-0.3, -0.25) is 9.58 Å². The minimum Gasteiger partial charge on any atom is -0.396 e. The molecule has 1 aromatic rings. The van der Waals surface area contributed by atoms with Gasteiger partial charge in [-0.05, 0) is 25.8 Å². The monoisotopic (exact) mass is 222 g/mol. The molecule has 0 aliphatic carbocycles. The van der Waals surface area contributed by atoms with E-state index in [-0.39, 0.29) is 0 Å². The number of aromatic nitrogens is 2. The summed E-state index contributed by atoms with van der Waals surface area (Å²) in [6, 6.07) is 0.779. The van der Waals surface area contributed by atoms with Gasteiger partial charge in [-0.15, -0.1) is 0 Å². The maximum Gasteiger partial charge on any atom is 0.0719 e. The summed E-state index contributed by atoms with van der Waals surface area (Å²) in [5.74, 6) is 0. The summed E-state index contributed by atoms with van der Waals surface area (Å²) in [4.78, 5) is 2.60. The van der Waals surface area contributed by atoms with Gasteiger partial charge in [0.2, 0.25) is 0 Å². The van der Waals surface area contributed by atoms with Crippen LogP contribution in [0.3, 0.4) is 0 Å². The van der Waals surface area contributed by atoms with Crippen LogP contribution in [0, 0.1) is 0 Å². The Kier molecular flexibility index (Phi) is 3.83. The number of likely N-dealkylation sites (tertiary alicyclic amines) is 1. The Hall–Kier alpha value is -1.03. The van der Waals surface area contributed by atoms with E-state index >= 15 is 0 Å². The van der Waals surface area contributed by atoms with Gasteiger partial charge in [0, 0.05) is 18.8 Å². The predicted octanol–water partition coefficient (Wildman–Crippen LogP) is 1.73. The molecule has 1 aliphatic rings. The van der Waals surface area contributed by atoms with Crippen molar-refractivity contribution in [3.05, 3.63) is 12.4 Å². The molecule has 4 nitrogen and oxygen atoms in total. The predicted molar refractivity (Wildman–Crippen MR) is 66.1 cm³/mol. The molecule has 16 heavy (non-hydrogen) atoms. The van der Waals surface area contributed by atoms with Gasteiger partial charge in [-0.1, -0.05) is 13.3 Å². The van der Waals surface area contributed by atoms with Crippen LogP contribution >= 0.6 is 0 Å². The zero-order chi connectivity index (χ0) is 11.4. The molecule has 1 aliphatic heterocycles. The van der Waals surface area contributed by atoms with Crippen LogP contribution in [0.15, 0.2) is 12.4 Å². The Labute approximate surface area is 97.4 Å². The van der Waals surface area contributed by atoms with Crippen molar-refractivity contribution in [1.29, 1.82) is 0 Å². The van der Waals surface area contributed by atoms with E-state index in [0.29, 0.717) is 0 Å². The summed E-state index contributed by atoms with van der Waals surface area (Å²) in [6.45, 7) is 5.58. The average molecular weight is 222 g/mol. The van der Waals surface area contributed by atoms with Crippen molar-refractivity contribution in [2.24, 2.45) is 0 Å². The van der Waals surface area contributed by atoms with Crippen molar-refractivity contribution >= 4 is 5.69 Å². The number of rotatable bonds is 4. The fraction of sp³-hybridized carbons (Fsp3) is 0.750. The van der Waals surface area contributed by atoms with Crippen molar-refractivity contribution < 1.29 is 0 Å². The molecule has 0 amide bonds. The van der Waals surface area contributed by atoms with Gasteiger partial charge in [0.25, 0.3) is 0 Å². The molecule has 1 atom stereocenters. The van der Waals surface area contributed by atoms with E-state index in [4.69, 9.17) is 5.73 Å². The Bertz CT molecular complexity index is 321. The molecule has 1 aromatic heterocycles. The van der Waals surface area contributed by atoms with E-state index in [1.54, 1.807) is 6.20 Å². The molecular weight excluding hydrogens is 200 g/mol. The van der Waals surface area contributed by atoms with Crippen LogP contribution < -0.4 is 5.73 Å². The fourth-order valence-electron chi connectivity index (χ4n) is 2.55. The molecule has 90 valence electrons. The number of nitrogen functional groups attached to an aromatic ring is 1. The van der Waals surface area contributed by atoms with Gasteiger partial charge >= 0.3 is 0 Å². The highest BCUT2D eigenvalue weighted by Crippen LogP contribution is 2.19. The van der Waals surface area contributed by atoms with Gasteiger partial charge in [-0.25, -0.2) is 0 Å².